The van der Waals surface area contributed by atoms with Crippen molar-refractivity contribution < 1.29 is 28.7 Å². The lowest BCUT2D eigenvalue weighted by Gasteiger charge is -2.50. The molecule has 0 amide bonds. The van der Waals surface area contributed by atoms with Gasteiger partial charge in [-0.25, -0.2) is 4.79 Å². The van der Waals surface area contributed by atoms with E-state index in [4.69, 9.17) is 14.6 Å². The van der Waals surface area contributed by atoms with Crippen LogP contribution in [0.5, 0.6) is 0 Å². The first-order valence-corrected chi connectivity index (χ1v) is 13.9. The Hall–Kier alpha value is -1.30. The SMILES string of the molecule is CCCCCCCCCCCCCCOC(=O)OC(CCC(=O)O)C[N+]12CCC(CC1)CC2. The lowest BCUT2D eigenvalue weighted by atomic mass is 9.85. The van der Waals surface area contributed by atoms with Gasteiger partial charge in [0.2, 0.25) is 0 Å². The predicted octanol–water partition coefficient (Wildman–Crippen LogP) is 6.70. The second kappa shape index (κ2) is 16.3. The lowest BCUT2D eigenvalue weighted by Crippen LogP contribution is -2.61. The number of hydrogen-bond acceptors (Lipinski definition) is 4. The van der Waals surface area contributed by atoms with Crippen LogP contribution in [-0.4, -0.2) is 60.6 Å². The van der Waals surface area contributed by atoms with E-state index in [1.165, 1.54) is 83.5 Å². The number of quaternary nitrogens is 1. The first-order valence-electron chi connectivity index (χ1n) is 13.9. The second-order valence-electron chi connectivity index (χ2n) is 10.6. The first kappa shape index (κ1) is 27.9. The van der Waals surface area contributed by atoms with Crippen molar-refractivity contribution in [2.45, 2.75) is 122 Å². The topological polar surface area (TPSA) is 72.8 Å². The number of carbonyl (C=O) groups excluding carboxylic acids is 1. The number of ether oxygens (including phenoxy) is 2. The minimum atomic E-state index is -0.842. The van der Waals surface area contributed by atoms with Crippen LogP contribution >= 0.6 is 0 Å². The van der Waals surface area contributed by atoms with E-state index >= 15 is 0 Å². The Kier molecular flexibility index (Phi) is 13.8. The first-order chi connectivity index (χ1) is 16.0. The number of piperidine rings is 3. The standard InChI is InChI=1S/C27H49NO5/c1-2-3-4-5-6-7-8-9-10-11-12-13-22-32-27(31)33-25(14-15-26(29)30)23-28-19-16-24(17-20-28)18-21-28/h24-25H,2-23H2,1H3/p+1. The minimum Gasteiger partial charge on any atom is -0.481 e. The van der Waals surface area contributed by atoms with Gasteiger partial charge in [-0.2, -0.15) is 0 Å². The third-order valence-corrected chi connectivity index (χ3v) is 7.79. The van der Waals surface area contributed by atoms with Gasteiger partial charge in [-0.15, -0.1) is 0 Å². The summed E-state index contributed by atoms with van der Waals surface area (Å²) in [4.78, 5) is 23.3. The van der Waals surface area contributed by atoms with Gasteiger partial charge < -0.3 is 19.1 Å². The van der Waals surface area contributed by atoms with Crippen LogP contribution in [0.4, 0.5) is 4.79 Å². The number of unbranched alkanes of at least 4 members (excludes halogenated alkanes) is 11. The molecular weight excluding hydrogens is 418 g/mol. The van der Waals surface area contributed by atoms with E-state index in [0.29, 0.717) is 13.0 Å². The predicted molar refractivity (Wildman–Crippen MR) is 131 cm³/mol. The lowest BCUT2D eigenvalue weighted by molar-refractivity contribution is -0.945. The molecule has 1 N–H and O–H groups in total. The van der Waals surface area contributed by atoms with E-state index in [2.05, 4.69) is 6.92 Å². The van der Waals surface area contributed by atoms with Crippen molar-refractivity contribution in [1.29, 1.82) is 0 Å². The molecule has 0 aliphatic carbocycles. The number of carbonyl (C=O) groups is 2. The van der Waals surface area contributed by atoms with Crippen molar-refractivity contribution in [3.8, 4) is 0 Å². The van der Waals surface area contributed by atoms with Crippen LogP contribution in [0.2, 0.25) is 0 Å². The monoisotopic (exact) mass is 468 g/mol. The van der Waals surface area contributed by atoms with E-state index in [-0.39, 0.29) is 12.5 Å². The van der Waals surface area contributed by atoms with Gasteiger partial charge >= 0.3 is 12.1 Å². The highest BCUT2D eigenvalue weighted by Gasteiger charge is 2.41. The van der Waals surface area contributed by atoms with Gasteiger partial charge in [0.1, 0.15) is 6.54 Å². The Morgan fingerprint density at radius 2 is 1.36 bits per heavy atom. The van der Waals surface area contributed by atoms with E-state index in [0.717, 1.165) is 49.4 Å². The molecule has 0 aromatic carbocycles. The zero-order chi connectivity index (χ0) is 23.8. The number of carboxylic acids is 1. The molecule has 3 aliphatic rings. The number of carboxylic acid groups (broad SMARTS) is 1. The maximum Gasteiger partial charge on any atom is 0.508 e. The van der Waals surface area contributed by atoms with Crippen LogP contribution in [0.1, 0.15) is 116 Å². The Morgan fingerprint density at radius 1 is 0.848 bits per heavy atom. The summed E-state index contributed by atoms with van der Waals surface area (Å²) < 4.78 is 11.9. The van der Waals surface area contributed by atoms with Gasteiger partial charge in [0.25, 0.3) is 0 Å². The maximum absolute atomic E-state index is 12.2. The Balaban J connectivity index is 1.53. The van der Waals surface area contributed by atoms with E-state index in [1.54, 1.807) is 0 Å². The molecule has 0 aromatic heterocycles. The summed E-state index contributed by atoms with van der Waals surface area (Å²) in [6, 6.07) is 0. The van der Waals surface area contributed by atoms with Crippen LogP contribution < -0.4 is 0 Å². The number of aliphatic carboxylic acids is 1. The van der Waals surface area contributed by atoms with Gasteiger partial charge in [0.05, 0.1) is 26.2 Å². The van der Waals surface area contributed by atoms with Crippen molar-refractivity contribution in [2.24, 2.45) is 5.92 Å². The number of rotatable bonds is 19. The zero-order valence-electron chi connectivity index (χ0n) is 21.2. The molecule has 0 saturated carbocycles. The van der Waals surface area contributed by atoms with Crippen molar-refractivity contribution >= 4 is 12.1 Å². The normalized spacial score (nSPS) is 22.8. The molecule has 33 heavy (non-hydrogen) atoms. The summed E-state index contributed by atoms with van der Waals surface area (Å²) in [5, 5.41) is 9.09. The summed E-state index contributed by atoms with van der Waals surface area (Å²) in [5.41, 5.74) is 0. The Bertz CT molecular complexity index is 531. The molecule has 3 fully saturated rings. The van der Waals surface area contributed by atoms with Crippen LogP contribution in [0.25, 0.3) is 0 Å². The average Bonchev–Trinajstić information content (AvgIpc) is 2.81. The van der Waals surface area contributed by atoms with Crippen molar-refractivity contribution in [3.63, 3.8) is 0 Å². The molecule has 1 unspecified atom stereocenters. The number of fused-ring (bicyclic) bond motifs is 3. The summed E-state index contributed by atoms with van der Waals surface area (Å²) in [6.45, 7) is 6.77. The molecule has 0 radical (unpaired) electrons. The summed E-state index contributed by atoms with van der Waals surface area (Å²) in [5.74, 6) is 0.0229. The summed E-state index contributed by atoms with van der Waals surface area (Å²) in [6.07, 6.45) is 18.4. The highest BCUT2D eigenvalue weighted by atomic mass is 16.7. The maximum atomic E-state index is 12.2. The van der Waals surface area contributed by atoms with Crippen LogP contribution in [0, 0.1) is 5.92 Å². The fourth-order valence-electron chi connectivity index (χ4n) is 5.58. The quantitative estimate of drug-likeness (QED) is 0.130. The molecule has 2 bridgehead atoms. The fraction of sp³-hybridized carbons (Fsp3) is 0.926. The number of nitrogens with zero attached hydrogens (tertiary/aromatic N) is 1. The van der Waals surface area contributed by atoms with Gasteiger partial charge in [-0.1, -0.05) is 77.6 Å². The van der Waals surface area contributed by atoms with Crippen molar-refractivity contribution in [3.05, 3.63) is 0 Å². The average molecular weight is 469 g/mol. The molecule has 0 aromatic rings. The highest BCUT2D eigenvalue weighted by Crippen LogP contribution is 2.34. The third-order valence-electron chi connectivity index (χ3n) is 7.79. The molecule has 3 heterocycles. The Morgan fingerprint density at radius 3 is 1.88 bits per heavy atom. The second-order valence-corrected chi connectivity index (χ2v) is 10.6. The zero-order valence-corrected chi connectivity index (χ0v) is 21.2. The molecule has 6 heteroatoms. The highest BCUT2D eigenvalue weighted by molar-refractivity contribution is 5.66. The van der Waals surface area contributed by atoms with Crippen molar-refractivity contribution in [1.82, 2.24) is 0 Å². The molecule has 6 nitrogen and oxygen atoms in total. The Labute approximate surface area is 202 Å². The van der Waals surface area contributed by atoms with Gasteiger partial charge in [-0.3, -0.25) is 4.79 Å². The third kappa shape index (κ3) is 12.1. The van der Waals surface area contributed by atoms with E-state index in [9.17, 15) is 9.59 Å². The van der Waals surface area contributed by atoms with E-state index < -0.39 is 12.1 Å². The van der Waals surface area contributed by atoms with Crippen LogP contribution in [0.15, 0.2) is 0 Å². The molecular formula is C27H50NO5+. The van der Waals surface area contributed by atoms with Crippen LogP contribution in [-0.2, 0) is 14.3 Å². The molecule has 3 aliphatic heterocycles. The molecule has 0 spiro atoms. The van der Waals surface area contributed by atoms with Gasteiger partial charge in [-0.05, 0) is 31.6 Å². The number of hydrogen-bond donors (Lipinski definition) is 1. The molecule has 3 rings (SSSR count). The molecule has 192 valence electrons. The largest absolute Gasteiger partial charge is 0.508 e. The molecule has 1 atom stereocenters. The van der Waals surface area contributed by atoms with Crippen molar-refractivity contribution in [2.75, 3.05) is 32.8 Å². The van der Waals surface area contributed by atoms with Gasteiger partial charge in [0, 0.05) is 12.8 Å². The van der Waals surface area contributed by atoms with Crippen LogP contribution in [0.3, 0.4) is 0 Å². The minimum absolute atomic E-state index is 0.0271. The summed E-state index contributed by atoms with van der Waals surface area (Å²) in [7, 11) is 0. The van der Waals surface area contributed by atoms with Gasteiger partial charge in [0.15, 0.2) is 6.10 Å². The summed E-state index contributed by atoms with van der Waals surface area (Å²) >= 11 is 0. The fourth-order valence-corrected chi connectivity index (χ4v) is 5.58. The molecule has 3 saturated heterocycles. The van der Waals surface area contributed by atoms with E-state index in [1.807, 2.05) is 0 Å². The smallest absolute Gasteiger partial charge is 0.481 e.